The number of hydrogen-bond acceptors (Lipinski definition) is 1. The van der Waals surface area contributed by atoms with Crippen LogP contribution in [0.4, 0.5) is 0 Å². The molecule has 0 spiro atoms. The van der Waals surface area contributed by atoms with E-state index in [1.807, 2.05) is 6.92 Å². The largest absolute Gasteiger partial charge is 0.339 e. The Morgan fingerprint density at radius 1 is 1.58 bits per heavy atom. The van der Waals surface area contributed by atoms with Crippen LogP contribution >= 0.6 is 0 Å². The van der Waals surface area contributed by atoms with Crippen LogP contribution in [0.25, 0.3) is 0 Å². The SMILES string of the molecule is [2H]C1CCC(=O)N1C(C)C(C)(C)C. The first-order valence-electron chi connectivity index (χ1n) is 5.15. The average molecular weight is 170 g/mol. The third-order valence-corrected chi connectivity index (χ3v) is 2.64. The summed E-state index contributed by atoms with van der Waals surface area (Å²) in [5.74, 6) is 0.141. The second-order valence-corrected chi connectivity index (χ2v) is 4.56. The molecule has 1 rings (SSSR count). The fourth-order valence-electron chi connectivity index (χ4n) is 1.35. The summed E-state index contributed by atoms with van der Waals surface area (Å²) < 4.78 is 7.74. The Morgan fingerprint density at radius 3 is 2.50 bits per heavy atom. The van der Waals surface area contributed by atoms with Gasteiger partial charge in [0, 0.05) is 20.4 Å². The van der Waals surface area contributed by atoms with Gasteiger partial charge in [-0.05, 0) is 18.8 Å². The molecule has 0 N–H and O–H groups in total. The summed E-state index contributed by atoms with van der Waals surface area (Å²) in [4.78, 5) is 13.2. The first kappa shape index (κ1) is 8.09. The minimum absolute atomic E-state index is 0.0688. The van der Waals surface area contributed by atoms with Crippen molar-refractivity contribution in [3.8, 4) is 0 Å². The van der Waals surface area contributed by atoms with Crippen molar-refractivity contribution in [1.82, 2.24) is 4.90 Å². The van der Waals surface area contributed by atoms with Crippen LogP contribution < -0.4 is 0 Å². The highest BCUT2D eigenvalue weighted by atomic mass is 16.2. The molecule has 1 amide bonds. The minimum Gasteiger partial charge on any atom is -0.339 e. The van der Waals surface area contributed by atoms with E-state index in [1.54, 1.807) is 4.90 Å². The predicted molar refractivity (Wildman–Crippen MR) is 49.9 cm³/mol. The molecule has 2 nitrogen and oxygen atoms in total. The lowest BCUT2D eigenvalue weighted by Crippen LogP contribution is -2.42. The Hall–Kier alpha value is -0.530. The second-order valence-electron chi connectivity index (χ2n) is 4.56. The van der Waals surface area contributed by atoms with E-state index < -0.39 is 0 Å². The minimum atomic E-state index is -0.318. The lowest BCUT2D eigenvalue weighted by molar-refractivity contribution is -0.131. The first-order chi connectivity index (χ1) is 5.84. The number of rotatable bonds is 1. The van der Waals surface area contributed by atoms with Gasteiger partial charge in [-0.1, -0.05) is 20.8 Å². The summed E-state index contributed by atoms with van der Waals surface area (Å²) in [6.45, 7) is 8.04. The van der Waals surface area contributed by atoms with Crippen molar-refractivity contribution >= 4 is 5.91 Å². The van der Waals surface area contributed by atoms with Gasteiger partial charge in [-0.2, -0.15) is 0 Å². The predicted octanol–water partition coefficient (Wildman–Crippen LogP) is 2.04. The van der Waals surface area contributed by atoms with E-state index in [9.17, 15) is 4.79 Å². The van der Waals surface area contributed by atoms with Crippen molar-refractivity contribution in [3.63, 3.8) is 0 Å². The molecule has 0 aromatic rings. The Morgan fingerprint density at radius 2 is 2.17 bits per heavy atom. The Balaban J connectivity index is 2.76. The zero-order valence-electron chi connectivity index (χ0n) is 9.42. The average Bonchev–Trinajstić information content (AvgIpc) is 2.28. The van der Waals surface area contributed by atoms with Crippen LogP contribution in [0.1, 0.15) is 41.9 Å². The second kappa shape index (κ2) is 3.08. The fraction of sp³-hybridized carbons (Fsp3) is 0.900. The van der Waals surface area contributed by atoms with E-state index >= 15 is 0 Å². The number of carbonyl (C=O) groups is 1. The summed E-state index contributed by atoms with van der Waals surface area (Å²) >= 11 is 0. The van der Waals surface area contributed by atoms with E-state index in [0.717, 1.165) is 0 Å². The molecule has 0 aromatic heterocycles. The fourth-order valence-corrected chi connectivity index (χ4v) is 1.35. The van der Waals surface area contributed by atoms with Crippen molar-refractivity contribution in [2.75, 3.05) is 6.52 Å². The molecular formula is C10H19NO. The molecule has 2 heteroatoms. The van der Waals surface area contributed by atoms with E-state index in [-0.39, 0.29) is 23.9 Å². The van der Waals surface area contributed by atoms with Gasteiger partial charge in [0.2, 0.25) is 5.91 Å². The molecule has 1 aliphatic rings. The van der Waals surface area contributed by atoms with Gasteiger partial charge in [-0.3, -0.25) is 4.79 Å². The Kier molecular flexibility index (Phi) is 2.07. The molecule has 0 saturated carbocycles. The molecule has 1 heterocycles. The Labute approximate surface area is 76.3 Å². The van der Waals surface area contributed by atoms with Gasteiger partial charge < -0.3 is 4.90 Å². The highest BCUT2D eigenvalue weighted by molar-refractivity contribution is 5.78. The van der Waals surface area contributed by atoms with Crippen LogP contribution in [0.5, 0.6) is 0 Å². The van der Waals surface area contributed by atoms with Crippen molar-refractivity contribution in [2.24, 2.45) is 5.41 Å². The molecule has 0 aliphatic carbocycles. The van der Waals surface area contributed by atoms with Gasteiger partial charge in [-0.15, -0.1) is 0 Å². The zero-order valence-corrected chi connectivity index (χ0v) is 8.42. The van der Waals surface area contributed by atoms with Crippen LogP contribution in [0.15, 0.2) is 0 Å². The molecule has 70 valence electrons. The summed E-state index contributed by atoms with van der Waals surface area (Å²) in [6.07, 6.45) is 1.24. The lowest BCUT2D eigenvalue weighted by atomic mass is 9.87. The molecule has 12 heavy (non-hydrogen) atoms. The molecule has 0 aromatic carbocycles. The third-order valence-electron chi connectivity index (χ3n) is 2.64. The quantitative estimate of drug-likeness (QED) is 0.589. The summed E-state index contributed by atoms with van der Waals surface area (Å²) in [5, 5.41) is 0. The van der Waals surface area contributed by atoms with E-state index in [0.29, 0.717) is 12.8 Å². The van der Waals surface area contributed by atoms with E-state index in [2.05, 4.69) is 20.8 Å². The van der Waals surface area contributed by atoms with Crippen LogP contribution in [0, 0.1) is 5.41 Å². The third kappa shape index (κ3) is 1.79. The van der Waals surface area contributed by atoms with Crippen LogP contribution in [0.2, 0.25) is 0 Å². The van der Waals surface area contributed by atoms with Crippen molar-refractivity contribution in [2.45, 2.75) is 46.6 Å². The number of carbonyl (C=O) groups excluding carboxylic acids is 1. The van der Waals surface area contributed by atoms with Crippen molar-refractivity contribution in [1.29, 1.82) is 0 Å². The number of nitrogens with zero attached hydrogens (tertiary/aromatic N) is 1. The normalized spacial score (nSPS) is 29.0. The van der Waals surface area contributed by atoms with Crippen LogP contribution in [0.3, 0.4) is 0 Å². The molecule has 0 bridgehead atoms. The maximum atomic E-state index is 11.5. The standard InChI is InChI=1S/C10H19NO/c1-8(10(2,3)4)11-7-5-6-9(11)12/h8H,5-7H2,1-4H3/i7D. The zero-order chi connectivity index (χ0) is 10.2. The van der Waals surface area contributed by atoms with Crippen LogP contribution in [-0.4, -0.2) is 23.4 Å². The van der Waals surface area contributed by atoms with Crippen molar-refractivity contribution in [3.05, 3.63) is 0 Å². The lowest BCUT2D eigenvalue weighted by Gasteiger charge is -2.35. The highest BCUT2D eigenvalue weighted by Crippen LogP contribution is 2.27. The maximum Gasteiger partial charge on any atom is 0.222 e. The maximum absolute atomic E-state index is 11.5. The monoisotopic (exact) mass is 170 g/mol. The van der Waals surface area contributed by atoms with Gasteiger partial charge in [-0.25, -0.2) is 0 Å². The smallest absolute Gasteiger partial charge is 0.222 e. The van der Waals surface area contributed by atoms with Gasteiger partial charge >= 0.3 is 0 Å². The first-order valence-corrected chi connectivity index (χ1v) is 4.57. The summed E-state index contributed by atoms with van der Waals surface area (Å²) in [7, 11) is 0. The number of hydrogen-bond donors (Lipinski definition) is 0. The molecule has 0 radical (unpaired) electrons. The topological polar surface area (TPSA) is 20.3 Å². The van der Waals surface area contributed by atoms with E-state index in [1.165, 1.54) is 0 Å². The molecule has 1 aliphatic heterocycles. The summed E-state index contributed by atoms with van der Waals surface area (Å²) in [6, 6.07) is 0.157. The van der Waals surface area contributed by atoms with Gasteiger partial charge in [0.25, 0.3) is 0 Å². The highest BCUT2D eigenvalue weighted by Gasteiger charge is 2.31. The van der Waals surface area contributed by atoms with Gasteiger partial charge in [0.05, 0.1) is 0 Å². The molecule has 2 unspecified atom stereocenters. The van der Waals surface area contributed by atoms with Gasteiger partial charge in [0.1, 0.15) is 0 Å². The van der Waals surface area contributed by atoms with Crippen LogP contribution in [-0.2, 0) is 4.79 Å². The Bertz CT molecular complexity index is 209. The molecule has 2 atom stereocenters. The number of likely N-dealkylation sites (tertiary alicyclic amines) is 1. The van der Waals surface area contributed by atoms with Gasteiger partial charge in [0.15, 0.2) is 0 Å². The summed E-state index contributed by atoms with van der Waals surface area (Å²) in [5.41, 5.74) is 0.0688. The van der Waals surface area contributed by atoms with E-state index in [4.69, 9.17) is 1.37 Å². The molecule has 1 fully saturated rings. The van der Waals surface area contributed by atoms with Crippen molar-refractivity contribution < 1.29 is 6.17 Å². The molecule has 1 saturated heterocycles. The number of amides is 1. The molecular weight excluding hydrogens is 150 g/mol.